The maximum Gasteiger partial charge on any atom is 0.281 e. The van der Waals surface area contributed by atoms with Gasteiger partial charge in [0, 0.05) is 51.8 Å². The summed E-state index contributed by atoms with van der Waals surface area (Å²) in [5.74, 6) is 0. The number of nitrogens with zero attached hydrogens (tertiary/aromatic N) is 3. The van der Waals surface area contributed by atoms with Crippen molar-refractivity contribution in [2.45, 2.75) is 6.54 Å². The van der Waals surface area contributed by atoms with Crippen LogP contribution >= 0.6 is 11.6 Å². The highest BCUT2D eigenvalue weighted by Gasteiger charge is 2.28. The maximum absolute atomic E-state index is 12.0. The zero-order chi connectivity index (χ0) is 14.8. The van der Waals surface area contributed by atoms with Crippen molar-refractivity contribution in [1.82, 2.24) is 13.5 Å². The molecule has 5 nitrogen and oxygen atoms in total. The van der Waals surface area contributed by atoms with Crippen LogP contribution < -0.4 is 0 Å². The SMILES string of the molecule is CN(C)S(=O)(=O)N1CCN(Cc2ccccc2Cl)CC1. The molecule has 1 aromatic rings. The molecule has 0 atom stereocenters. The third kappa shape index (κ3) is 3.51. The van der Waals surface area contributed by atoms with E-state index in [4.69, 9.17) is 11.6 Å². The summed E-state index contributed by atoms with van der Waals surface area (Å²) in [6.45, 7) is 3.24. The average molecular weight is 318 g/mol. The van der Waals surface area contributed by atoms with Gasteiger partial charge in [-0.05, 0) is 11.6 Å². The van der Waals surface area contributed by atoms with Gasteiger partial charge in [0.15, 0.2) is 0 Å². The monoisotopic (exact) mass is 317 g/mol. The molecule has 7 heteroatoms. The summed E-state index contributed by atoms with van der Waals surface area (Å²) in [6.07, 6.45) is 0. The van der Waals surface area contributed by atoms with E-state index in [-0.39, 0.29) is 0 Å². The first-order valence-corrected chi connectivity index (χ1v) is 8.32. The molecule has 1 fully saturated rings. The van der Waals surface area contributed by atoms with Crippen molar-refractivity contribution in [3.05, 3.63) is 34.9 Å². The van der Waals surface area contributed by atoms with Crippen molar-refractivity contribution in [3.8, 4) is 0 Å². The number of rotatable bonds is 4. The Morgan fingerprint density at radius 3 is 2.30 bits per heavy atom. The zero-order valence-electron chi connectivity index (χ0n) is 11.8. The van der Waals surface area contributed by atoms with Gasteiger partial charge in [-0.2, -0.15) is 17.0 Å². The minimum absolute atomic E-state index is 0.519. The van der Waals surface area contributed by atoms with E-state index in [1.165, 1.54) is 8.61 Å². The standard InChI is InChI=1S/C13H20ClN3O2S/c1-15(2)20(18,19)17-9-7-16(8-10-17)11-12-5-3-4-6-13(12)14/h3-6H,7-11H2,1-2H3. The van der Waals surface area contributed by atoms with Crippen molar-refractivity contribution < 1.29 is 8.42 Å². The summed E-state index contributed by atoms with van der Waals surface area (Å²) in [5, 5.41) is 0.760. The number of hydrogen-bond acceptors (Lipinski definition) is 3. The quantitative estimate of drug-likeness (QED) is 0.840. The molecule has 2 rings (SSSR count). The second kappa shape index (κ2) is 6.41. The van der Waals surface area contributed by atoms with Crippen molar-refractivity contribution in [2.24, 2.45) is 0 Å². The van der Waals surface area contributed by atoms with Gasteiger partial charge in [0.05, 0.1) is 0 Å². The molecule has 0 aliphatic carbocycles. The van der Waals surface area contributed by atoms with Gasteiger partial charge in [0.1, 0.15) is 0 Å². The van der Waals surface area contributed by atoms with E-state index in [1.54, 1.807) is 14.1 Å². The minimum atomic E-state index is -3.29. The van der Waals surface area contributed by atoms with Crippen LogP contribution in [0.2, 0.25) is 5.02 Å². The van der Waals surface area contributed by atoms with Crippen LogP contribution in [0.15, 0.2) is 24.3 Å². The van der Waals surface area contributed by atoms with Gasteiger partial charge in [-0.15, -0.1) is 0 Å². The fourth-order valence-electron chi connectivity index (χ4n) is 2.22. The van der Waals surface area contributed by atoms with Gasteiger partial charge < -0.3 is 0 Å². The van der Waals surface area contributed by atoms with Gasteiger partial charge in [-0.25, -0.2) is 0 Å². The van der Waals surface area contributed by atoms with Crippen LogP contribution in [0.25, 0.3) is 0 Å². The maximum atomic E-state index is 12.0. The van der Waals surface area contributed by atoms with Crippen LogP contribution in [-0.2, 0) is 16.8 Å². The molecule has 0 unspecified atom stereocenters. The molecule has 0 amide bonds. The van der Waals surface area contributed by atoms with E-state index in [0.717, 1.165) is 30.2 Å². The Hall–Kier alpha value is -0.660. The lowest BCUT2D eigenvalue weighted by molar-refractivity contribution is 0.177. The molecular formula is C13H20ClN3O2S. The molecule has 0 bridgehead atoms. The summed E-state index contributed by atoms with van der Waals surface area (Å²) in [5.41, 5.74) is 1.08. The summed E-state index contributed by atoms with van der Waals surface area (Å²) in [7, 11) is -0.169. The van der Waals surface area contributed by atoms with Crippen molar-refractivity contribution in [3.63, 3.8) is 0 Å². The lowest BCUT2D eigenvalue weighted by Crippen LogP contribution is -2.51. The number of piperazine rings is 1. The molecule has 112 valence electrons. The highest BCUT2D eigenvalue weighted by atomic mass is 35.5. The first-order chi connectivity index (χ1) is 9.41. The predicted molar refractivity (Wildman–Crippen MR) is 80.9 cm³/mol. The Morgan fingerprint density at radius 2 is 1.75 bits per heavy atom. The minimum Gasteiger partial charge on any atom is -0.296 e. The molecule has 0 spiro atoms. The Labute approximate surface area is 125 Å². The van der Waals surface area contributed by atoms with Crippen LogP contribution in [0.4, 0.5) is 0 Å². The molecule has 0 N–H and O–H groups in total. The smallest absolute Gasteiger partial charge is 0.281 e. The van der Waals surface area contributed by atoms with Gasteiger partial charge in [-0.3, -0.25) is 4.90 Å². The average Bonchev–Trinajstić information content (AvgIpc) is 2.42. The van der Waals surface area contributed by atoms with Crippen LogP contribution in [0.5, 0.6) is 0 Å². The van der Waals surface area contributed by atoms with E-state index >= 15 is 0 Å². The molecule has 1 saturated heterocycles. The molecule has 1 heterocycles. The second-order valence-electron chi connectivity index (χ2n) is 5.06. The van der Waals surface area contributed by atoms with E-state index in [1.807, 2.05) is 24.3 Å². The Kier molecular flexibility index (Phi) is 5.04. The zero-order valence-corrected chi connectivity index (χ0v) is 13.4. The van der Waals surface area contributed by atoms with Crippen LogP contribution in [0.3, 0.4) is 0 Å². The summed E-state index contributed by atoms with van der Waals surface area (Å²) in [4.78, 5) is 2.23. The molecular weight excluding hydrogens is 298 g/mol. The lowest BCUT2D eigenvalue weighted by atomic mass is 10.2. The topological polar surface area (TPSA) is 43.9 Å². The molecule has 0 saturated carbocycles. The lowest BCUT2D eigenvalue weighted by Gasteiger charge is -2.35. The fraction of sp³-hybridized carbons (Fsp3) is 0.538. The largest absolute Gasteiger partial charge is 0.296 e. The van der Waals surface area contributed by atoms with Crippen LogP contribution in [-0.4, -0.2) is 62.2 Å². The molecule has 0 radical (unpaired) electrons. The van der Waals surface area contributed by atoms with Crippen LogP contribution in [0, 0.1) is 0 Å². The van der Waals surface area contributed by atoms with Gasteiger partial charge >= 0.3 is 0 Å². The fourth-order valence-corrected chi connectivity index (χ4v) is 3.50. The van der Waals surface area contributed by atoms with Crippen LogP contribution in [0.1, 0.15) is 5.56 Å². The predicted octanol–water partition coefficient (Wildman–Crippen LogP) is 1.26. The normalized spacial score (nSPS) is 18.6. The first-order valence-electron chi connectivity index (χ1n) is 6.54. The van der Waals surface area contributed by atoms with Crippen molar-refractivity contribution in [1.29, 1.82) is 0 Å². The van der Waals surface area contributed by atoms with E-state index in [9.17, 15) is 8.42 Å². The Bertz CT molecular complexity index is 554. The number of benzene rings is 1. The summed E-state index contributed by atoms with van der Waals surface area (Å²) in [6, 6.07) is 7.76. The Morgan fingerprint density at radius 1 is 1.15 bits per heavy atom. The number of hydrogen-bond donors (Lipinski definition) is 0. The second-order valence-corrected chi connectivity index (χ2v) is 7.61. The molecule has 0 aromatic heterocycles. The summed E-state index contributed by atoms with van der Waals surface area (Å²) < 4.78 is 26.8. The van der Waals surface area contributed by atoms with Gasteiger partial charge in [-0.1, -0.05) is 29.8 Å². The summed E-state index contributed by atoms with van der Waals surface area (Å²) >= 11 is 6.15. The van der Waals surface area contributed by atoms with E-state index in [0.29, 0.717) is 13.1 Å². The van der Waals surface area contributed by atoms with E-state index in [2.05, 4.69) is 4.90 Å². The van der Waals surface area contributed by atoms with Crippen molar-refractivity contribution in [2.75, 3.05) is 40.3 Å². The molecule has 1 aliphatic rings. The Balaban J connectivity index is 1.94. The highest BCUT2D eigenvalue weighted by molar-refractivity contribution is 7.86. The third-order valence-electron chi connectivity index (χ3n) is 3.47. The van der Waals surface area contributed by atoms with Crippen molar-refractivity contribution >= 4 is 21.8 Å². The highest BCUT2D eigenvalue weighted by Crippen LogP contribution is 2.18. The first kappa shape index (κ1) is 15.7. The number of halogens is 1. The third-order valence-corrected chi connectivity index (χ3v) is 5.78. The van der Waals surface area contributed by atoms with Gasteiger partial charge in [0.25, 0.3) is 10.2 Å². The molecule has 1 aromatic carbocycles. The van der Waals surface area contributed by atoms with E-state index < -0.39 is 10.2 Å². The molecule has 20 heavy (non-hydrogen) atoms. The molecule has 1 aliphatic heterocycles. The van der Waals surface area contributed by atoms with Gasteiger partial charge in [0.2, 0.25) is 0 Å².